The van der Waals surface area contributed by atoms with Crippen LogP contribution in [0.1, 0.15) is 25.5 Å². The standard InChI is InChI=1S/C12H18N2OS/c1-8(2)16-10-6-4-9(5-7-10)11(14-3)12(13)15/h4-8,11,14H,1-3H3,(H2,13,15). The third-order valence-electron chi connectivity index (χ3n) is 2.16. The second-order valence-electron chi connectivity index (χ2n) is 3.86. The number of hydrogen-bond donors (Lipinski definition) is 2. The van der Waals surface area contributed by atoms with Crippen molar-refractivity contribution in [3.8, 4) is 0 Å². The summed E-state index contributed by atoms with van der Waals surface area (Å²) in [6, 6.07) is 7.52. The number of thioether (sulfide) groups is 1. The van der Waals surface area contributed by atoms with Gasteiger partial charge in [0.25, 0.3) is 0 Å². The monoisotopic (exact) mass is 238 g/mol. The van der Waals surface area contributed by atoms with Crippen LogP contribution in [-0.2, 0) is 4.79 Å². The van der Waals surface area contributed by atoms with Gasteiger partial charge in [-0.2, -0.15) is 0 Å². The van der Waals surface area contributed by atoms with Gasteiger partial charge in [0.1, 0.15) is 6.04 Å². The molecule has 1 aromatic carbocycles. The maximum absolute atomic E-state index is 11.1. The van der Waals surface area contributed by atoms with Crippen molar-refractivity contribution < 1.29 is 4.79 Å². The molecule has 1 rings (SSSR count). The molecule has 0 spiro atoms. The highest BCUT2D eigenvalue weighted by Crippen LogP contribution is 2.24. The quantitative estimate of drug-likeness (QED) is 0.771. The first-order valence-electron chi connectivity index (χ1n) is 5.27. The fraction of sp³-hybridized carbons (Fsp3) is 0.417. The zero-order valence-corrected chi connectivity index (χ0v) is 10.7. The molecular weight excluding hydrogens is 220 g/mol. The number of rotatable bonds is 5. The minimum atomic E-state index is -0.405. The number of carbonyl (C=O) groups excluding carboxylic acids is 1. The van der Waals surface area contributed by atoms with Crippen LogP contribution in [0.2, 0.25) is 0 Å². The highest BCUT2D eigenvalue weighted by Gasteiger charge is 2.14. The summed E-state index contributed by atoms with van der Waals surface area (Å²) in [5.74, 6) is -0.355. The molecule has 0 bridgehead atoms. The first-order valence-corrected chi connectivity index (χ1v) is 6.15. The molecular formula is C12H18N2OS. The molecule has 4 heteroatoms. The van der Waals surface area contributed by atoms with E-state index in [1.54, 1.807) is 18.8 Å². The van der Waals surface area contributed by atoms with E-state index in [9.17, 15) is 4.79 Å². The van der Waals surface area contributed by atoms with Gasteiger partial charge in [-0.05, 0) is 24.7 Å². The Hall–Kier alpha value is -1.00. The second kappa shape index (κ2) is 5.92. The van der Waals surface area contributed by atoms with Crippen LogP contribution in [0.3, 0.4) is 0 Å². The topological polar surface area (TPSA) is 55.1 Å². The van der Waals surface area contributed by atoms with Crippen molar-refractivity contribution in [3.05, 3.63) is 29.8 Å². The van der Waals surface area contributed by atoms with Gasteiger partial charge in [-0.1, -0.05) is 26.0 Å². The van der Waals surface area contributed by atoms with Crippen molar-refractivity contribution in [2.75, 3.05) is 7.05 Å². The third-order valence-corrected chi connectivity index (χ3v) is 3.17. The first-order chi connectivity index (χ1) is 7.54. The third kappa shape index (κ3) is 3.54. The molecule has 0 aliphatic heterocycles. The molecule has 0 aliphatic carbocycles. The lowest BCUT2D eigenvalue weighted by Gasteiger charge is -2.13. The summed E-state index contributed by atoms with van der Waals surface area (Å²) in [4.78, 5) is 12.4. The average molecular weight is 238 g/mol. The largest absolute Gasteiger partial charge is 0.368 e. The molecule has 0 saturated heterocycles. The van der Waals surface area contributed by atoms with Gasteiger partial charge in [0.05, 0.1) is 0 Å². The average Bonchev–Trinajstić information content (AvgIpc) is 2.20. The minimum Gasteiger partial charge on any atom is -0.368 e. The van der Waals surface area contributed by atoms with Crippen molar-refractivity contribution >= 4 is 17.7 Å². The van der Waals surface area contributed by atoms with Gasteiger partial charge in [-0.15, -0.1) is 11.8 Å². The predicted octanol–water partition coefficient (Wildman–Crippen LogP) is 1.93. The minimum absolute atomic E-state index is 0.355. The Morgan fingerprint density at radius 2 is 1.88 bits per heavy atom. The smallest absolute Gasteiger partial charge is 0.239 e. The van der Waals surface area contributed by atoms with Crippen LogP contribution in [0.15, 0.2) is 29.2 Å². The molecule has 1 unspecified atom stereocenters. The summed E-state index contributed by atoms with van der Waals surface area (Å²) in [5.41, 5.74) is 6.20. The molecule has 0 fully saturated rings. The summed E-state index contributed by atoms with van der Waals surface area (Å²) in [7, 11) is 1.73. The highest BCUT2D eigenvalue weighted by molar-refractivity contribution is 7.99. The van der Waals surface area contributed by atoms with E-state index in [2.05, 4.69) is 19.2 Å². The van der Waals surface area contributed by atoms with E-state index in [1.807, 2.05) is 24.3 Å². The lowest BCUT2D eigenvalue weighted by atomic mass is 10.1. The number of nitrogens with one attached hydrogen (secondary N) is 1. The van der Waals surface area contributed by atoms with Gasteiger partial charge in [-0.25, -0.2) is 0 Å². The van der Waals surface area contributed by atoms with Crippen molar-refractivity contribution in [1.82, 2.24) is 5.32 Å². The van der Waals surface area contributed by atoms with Crippen LogP contribution in [0.25, 0.3) is 0 Å². The molecule has 3 nitrogen and oxygen atoms in total. The summed E-state index contributed by atoms with van der Waals surface area (Å²) in [5, 5.41) is 3.45. The van der Waals surface area contributed by atoms with Crippen LogP contribution in [0.4, 0.5) is 0 Å². The molecule has 0 heterocycles. The SMILES string of the molecule is CNC(C(N)=O)c1ccc(SC(C)C)cc1. The zero-order chi connectivity index (χ0) is 12.1. The maximum Gasteiger partial charge on any atom is 0.239 e. The number of nitrogens with two attached hydrogens (primary N) is 1. The van der Waals surface area contributed by atoms with E-state index >= 15 is 0 Å². The van der Waals surface area contributed by atoms with Gasteiger partial charge in [0.15, 0.2) is 0 Å². The Morgan fingerprint density at radius 1 is 1.31 bits per heavy atom. The highest BCUT2D eigenvalue weighted by atomic mass is 32.2. The van der Waals surface area contributed by atoms with Crippen LogP contribution in [-0.4, -0.2) is 18.2 Å². The maximum atomic E-state index is 11.1. The van der Waals surface area contributed by atoms with E-state index in [0.717, 1.165) is 5.56 Å². The van der Waals surface area contributed by atoms with E-state index in [1.165, 1.54) is 4.90 Å². The summed E-state index contributed by atoms with van der Waals surface area (Å²) in [6.45, 7) is 4.30. The second-order valence-corrected chi connectivity index (χ2v) is 5.51. The molecule has 0 aliphatic rings. The molecule has 0 radical (unpaired) electrons. The fourth-order valence-electron chi connectivity index (χ4n) is 1.48. The van der Waals surface area contributed by atoms with Gasteiger partial charge in [0, 0.05) is 10.1 Å². The molecule has 3 N–H and O–H groups in total. The summed E-state index contributed by atoms with van der Waals surface area (Å²) >= 11 is 1.80. The number of likely N-dealkylation sites (N-methyl/N-ethyl adjacent to an activating group) is 1. The molecule has 1 aromatic rings. The molecule has 0 saturated carbocycles. The van der Waals surface area contributed by atoms with E-state index < -0.39 is 6.04 Å². The van der Waals surface area contributed by atoms with Crippen LogP contribution < -0.4 is 11.1 Å². The van der Waals surface area contributed by atoms with E-state index in [4.69, 9.17) is 5.73 Å². The predicted molar refractivity (Wildman–Crippen MR) is 68.4 cm³/mol. The molecule has 88 valence electrons. The number of amides is 1. The molecule has 16 heavy (non-hydrogen) atoms. The number of hydrogen-bond acceptors (Lipinski definition) is 3. The van der Waals surface area contributed by atoms with Gasteiger partial charge in [-0.3, -0.25) is 4.79 Å². The summed E-state index contributed by atoms with van der Waals surface area (Å²) < 4.78 is 0. The lowest BCUT2D eigenvalue weighted by molar-refractivity contribution is -0.120. The van der Waals surface area contributed by atoms with Crippen LogP contribution in [0, 0.1) is 0 Å². The Labute approximate surface area is 101 Å². The zero-order valence-electron chi connectivity index (χ0n) is 9.86. The van der Waals surface area contributed by atoms with Crippen LogP contribution in [0.5, 0.6) is 0 Å². The Kier molecular flexibility index (Phi) is 4.83. The number of primary amides is 1. The Bertz CT molecular complexity index is 349. The molecule has 0 aromatic heterocycles. The normalized spacial score (nSPS) is 12.8. The van der Waals surface area contributed by atoms with Crippen molar-refractivity contribution in [2.45, 2.75) is 30.0 Å². The molecule has 1 atom stereocenters. The number of benzene rings is 1. The van der Waals surface area contributed by atoms with Gasteiger partial charge < -0.3 is 11.1 Å². The Morgan fingerprint density at radius 3 is 2.25 bits per heavy atom. The first kappa shape index (κ1) is 13.1. The van der Waals surface area contributed by atoms with Gasteiger partial charge >= 0.3 is 0 Å². The van der Waals surface area contributed by atoms with Crippen molar-refractivity contribution in [3.63, 3.8) is 0 Å². The Balaban J connectivity index is 2.81. The van der Waals surface area contributed by atoms with Crippen LogP contribution >= 0.6 is 11.8 Å². The van der Waals surface area contributed by atoms with E-state index in [0.29, 0.717) is 5.25 Å². The van der Waals surface area contributed by atoms with Gasteiger partial charge in [0.2, 0.25) is 5.91 Å². The fourth-order valence-corrected chi connectivity index (χ4v) is 2.32. The summed E-state index contributed by atoms with van der Waals surface area (Å²) in [6.07, 6.45) is 0. The molecule has 1 amide bonds. The van der Waals surface area contributed by atoms with E-state index in [-0.39, 0.29) is 5.91 Å². The van der Waals surface area contributed by atoms with Crippen molar-refractivity contribution in [2.24, 2.45) is 5.73 Å². The lowest BCUT2D eigenvalue weighted by Crippen LogP contribution is -2.31. The number of carbonyl (C=O) groups is 1. The van der Waals surface area contributed by atoms with Crippen molar-refractivity contribution in [1.29, 1.82) is 0 Å².